The van der Waals surface area contributed by atoms with Gasteiger partial charge in [-0.1, -0.05) is 0 Å². The average Bonchev–Trinajstić information content (AvgIpc) is 2.10. The van der Waals surface area contributed by atoms with Crippen molar-refractivity contribution in [3.63, 3.8) is 0 Å². The van der Waals surface area contributed by atoms with E-state index in [2.05, 4.69) is 4.74 Å². The zero-order valence-electron chi connectivity index (χ0n) is 7.12. The molecule has 3 nitrogen and oxygen atoms in total. The predicted octanol–water partition coefficient (Wildman–Crippen LogP) is 2.39. The summed E-state index contributed by atoms with van der Waals surface area (Å²) in [5.41, 5.74) is 0. The number of halogens is 7. The summed E-state index contributed by atoms with van der Waals surface area (Å²) in [4.78, 5) is 9.90. The highest BCUT2D eigenvalue weighted by atomic mass is 19.4. The molecule has 94 valence electrons. The first-order valence-electron chi connectivity index (χ1n) is 3.35. The normalized spacial score (nSPS) is 15.4. The van der Waals surface area contributed by atoms with E-state index in [4.69, 9.17) is 5.11 Å². The Morgan fingerprint density at radius 2 is 1.56 bits per heavy atom. The van der Waals surface area contributed by atoms with E-state index in [1.54, 1.807) is 0 Å². The highest BCUT2D eigenvalue weighted by Crippen LogP contribution is 2.36. The first-order chi connectivity index (χ1) is 7.02. The van der Waals surface area contributed by atoms with E-state index in [0.717, 1.165) is 0 Å². The maximum Gasteiger partial charge on any atom is 0.460 e. The molecule has 0 fully saturated rings. The fraction of sp³-hybridized carbons (Fsp3) is 0.500. The molecule has 10 heteroatoms. The molecule has 0 aromatic heterocycles. The number of rotatable bonds is 4. The molecule has 1 unspecified atom stereocenters. The van der Waals surface area contributed by atoms with Gasteiger partial charge in [0.1, 0.15) is 6.61 Å². The van der Waals surface area contributed by atoms with Crippen LogP contribution in [0.1, 0.15) is 0 Å². The van der Waals surface area contributed by atoms with Crippen LogP contribution < -0.4 is 0 Å². The van der Waals surface area contributed by atoms with Crippen LogP contribution in [0.2, 0.25) is 0 Å². The van der Waals surface area contributed by atoms with E-state index < -0.39 is 36.5 Å². The number of ether oxygens (including phenoxy) is 1. The van der Waals surface area contributed by atoms with Crippen LogP contribution >= 0.6 is 0 Å². The molecule has 1 N–H and O–H groups in total. The summed E-state index contributed by atoms with van der Waals surface area (Å²) >= 11 is 0. The largest absolute Gasteiger partial charge is 0.477 e. The van der Waals surface area contributed by atoms with E-state index >= 15 is 0 Å². The van der Waals surface area contributed by atoms with Gasteiger partial charge in [-0.05, 0) is 0 Å². The van der Waals surface area contributed by atoms with Crippen molar-refractivity contribution in [2.75, 3.05) is 6.61 Å². The minimum absolute atomic E-state index is 2.15. The summed E-state index contributed by atoms with van der Waals surface area (Å²) < 4.78 is 85.8. The van der Waals surface area contributed by atoms with Crippen LogP contribution in [-0.4, -0.2) is 29.7 Å². The van der Waals surface area contributed by atoms with Gasteiger partial charge in [-0.15, -0.1) is 0 Å². The summed E-state index contributed by atoms with van der Waals surface area (Å²) in [6.45, 7) is -2.15. The first kappa shape index (κ1) is 14.7. The second-order valence-corrected chi connectivity index (χ2v) is 2.35. The van der Waals surface area contributed by atoms with Crippen LogP contribution in [-0.2, 0) is 9.53 Å². The van der Waals surface area contributed by atoms with Gasteiger partial charge in [0.15, 0.2) is 5.83 Å². The second kappa shape index (κ2) is 4.68. The smallest absolute Gasteiger partial charge is 0.460 e. The van der Waals surface area contributed by atoms with Crippen molar-refractivity contribution in [2.45, 2.75) is 12.0 Å². The van der Waals surface area contributed by atoms with E-state index in [1.165, 1.54) is 0 Å². The maximum atomic E-state index is 12.7. The van der Waals surface area contributed by atoms with Crippen LogP contribution in [0.4, 0.5) is 30.7 Å². The Morgan fingerprint density at radius 3 is 1.81 bits per heavy atom. The predicted molar refractivity (Wildman–Crippen MR) is 33.8 cm³/mol. The molecule has 0 aliphatic rings. The summed E-state index contributed by atoms with van der Waals surface area (Å²) in [6.07, 6.45) is -9.05. The average molecular weight is 256 g/mol. The van der Waals surface area contributed by atoms with E-state index in [1.807, 2.05) is 0 Å². The lowest BCUT2D eigenvalue weighted by molar-refractivity contribution is -0.320. The highest BCUT2D eigenvalue weighted by molar-refractivity contribution is 5.76. The van der Waals surface area contributed by atoms with Crippen molar-refractivity contribution >= 4 is 5.97 Å². The summed E-state index contributed by atoms with van der Waals surface area (Å²) in [5.74, 6) is -10.8. The minimum Gasteiger partial charge on any atom is -0.477 e. The monoisotopic (exact) mass is 256 g/mol. The molecule has 0 aliphatic carbocycles. The second-order valence-electron chi connectivity index (χ2n) is 2.35. The molecule has 0 aliphatic heterocycles. The topological polar surface area (TPSA) is 46.5 Å². The molecule has 0 saturated carbocycles. The molecular weight excluding hydrogens is 253 g/mol. The van der Waals surface area contributed by atoms with E-state index in [-0.39, 0.29) is 0 Å². The Kier molecular flexibility index (Phi) is 4.29. The zero-order chi connectivity index (χ0) is 13.1. The Balaban J connectivity index is 4.88. The van der Waals surface area contributed by atoms with Crippen LogP contribution in [0.5, 0.6) is 0 Å². The molecule has 1 atom stereocenters. The summed E-state index contributed by atoms with van der Waals surface area (Å²) in [7, 11) is 0. The zero-order valence-corrected chi connectivity index (χ0v) is 7.12. The molecule has 0 spiro atoms. The molecule has 0 saturated heterocycles. The Labute approximate surface area is 83.1 Å². The van der Waals surface area contributed by atoms with Crippen molar-refractivity contribution in [2.24, 2.45) is 0 Å². The first-order valence-corrected chi connectivity index (χ1v) is 3.35. The molecule has 0 amide bonds. The van der Waals surface area contributed by atoms with Gasteiger partial charge in [0.2, 0.25) is 0 Å². The molecule has 0 heterocycles. The third kappa shape index (κ3) is 3.08. The van der Waals surface area contributed by atoms with Crippen LogP contribution in [0, 0.1) is 0 Å². The number of carboxylic acid groups (broad SMARTS) is 1. The van der Waals surface area contributed by atoms with Gasteiger partial charge in [0, 0.05) is 0 Å². The van der Waals surface area contributed by atoms with Gasteiger partial charge in [-0.3, -0.25) is 0 Å². The fourth-order valence-electron chi connectivity index (χ4n) is 0.482. The standard InChI is InChI=1S/C6H3F7O3/c7-2(3(8)9)1-16-5(10,4(14)15)6(11,12)13/h1H2,(H,14,15). The lowest BCUT2D eigenvalue weighted by atomic mass is 10.3. The fourth-order valence-corrected chi connectivity index (χ4v) is 0.482. The van der Waals surface area contributed by atoms with Crippen molar-refractivity contribution in [3.05, 3.63) is 11.9 Å². The van der Waals surface area contributed by atoms with Crippen molar-refractivity contribution in [1.29, 1.82) is 0 Å². The van der Waals surface area contributed by atoms with E-state index in [0.29, 0.717) is 0 Å². The number of carbonyl (C=O) groups is 1. The molecular formula is C6H3F7O3. The molecule has 0 aromatic carbocycles. The third-order valence-electron chi connectivity index (χ3n) is 1.24. The molecule has 0 rings (SSSR count). The molecule has 0 aromatic rings. The van der Waals surface area contributed by atoms with Gasteiger partial charge in [0.25, 0.3) is 0 Å². The third-order valence-corrected chi connectivity index (χ3v) is 1.24. The Morgan fingerprint density at radius 1 is 1.12 bits per heavy atom. The van der Waals surface area contributed by atoms with Gasteiger partial charge in [0.05, 0.1) is 0 Å². The number of alkyl halides is 4. The van der Waals surface area contributed by atoms with Crippen molar-refractivity contribution in [3.8, 4) is 0 Å². The summed E-state index contributed by atoms with van der Waals surface area (Å²) in [5, 5.41) is 7.87. The van der Waals surface area contributed by atoms with Gasteiger partial charge in [-0.25, -0.2) is 9.18 Å². The highest BCUT2D eigenvalue weighted by Gasteiger charge is 2.64. The number of carboxylic acids is 1. The summed E-state index contributed by atoms with van der Waals surface area (Å²) in [6, 6.07) is 0. The molecule has 0 bridgehead atoms. The lowest BCUT2D eigenvalue weighted by Crippen LogP contribution is -2.50. The molecule has 16 heavy (non-hydrogen) atoms. The van der Waals surface area contributed by atoms with Gasteiger partial charge >= 0.3 is 24.1 Å². The molecule has 0 radical (unpaired) electrons. The Bertz CT molecular complexity index is 306. The SMILES string of the molecule is O=C(O)C(F)(OCC(F)=C(F)F)C(F)(F)F. The minimum atomic E-state index is -6.02. The van der Waals surface area contributed by atoms with Crippen molar-refractivity contribution < 1.29 is 45.4 Å². The van der Waals surface area contributed by atoms with Gasteiger partial charge < -0.3 is 9.84 Å². The number of aliphatic carboxylic acids is 1. The number of hydrogen-bond donors (Lipinski definition) is 1. The number of hydrogen-bond acceptors (Lipinski definition) is 2. The van der Waals surface area contributed by atoms with Gasteiger partial charge in [-0.2, -0.15) is 26.3 Å². The van der Waals surface area contributed by atoms with Crippen LogP contribution in [0.3, 0.4) is 0 Å². The van der Waals surface area contributed by atoms with Crippen molar-refractivity contribution in [1.82, 2.24) is 0 Å². The Hall–Kier alpha value is -1.32. The van der Waals surface area contributed by atoms with E-state index in [9.17, 15) is 35.5 Å². The van der Waals surface area contributed by atoms with Crippen LogP contribution in [0.15, 0.2) is 11.9 Å². The maximum absolute atomic E-state index is 12.7. The lowest BCUT2D eigenvalue weighted by Gasteiger charge is -2.22. The quantitative estimate of drug-likeness (QED) is 0.785. The van der Waals surface area contributed by atoms with Crippen LogP contribution in [0.25, 0.3) is 0 Å².